The molecule has 3 aromatic heterocycles. The van der Waals surface area contributed by atoms with Crippen molar-refractivity contribution in [2.75, 3.05) is 31.0 Å². The predicted molar refractivity (Wildman–Crippen MR) is 133 cm³/mol. The molecule has 0 aliphatic heterocycles. The molecular formula is C23H28FN9O5. The van der Waals surface area contributed by atoms with Gasteiger partial charge in [0.05, 0.1) is 42.5 Å². The standard InChI is InChI=1S/C23H28FN9O5/c1-12(29-23(35)36)18(13-3-4-13)31-21-16(24)10-15(19(25)34)20(32-21)30-14-9-17(33-27-5-6-28-33)22(26-11-14)38-8-7-37-2/h5-6,9-13,18,29H,3-4,7-8H2,1-2H3,(H2,25,34)(H,35,36)(H2,30,31,32)/t12-,18-/m0/s1. The number of amides is 2. The van der Waals surface area contributed by atoms with Gasteiger partial charge >= 0.3 is 6.09 Å². The third kappa shape index (κ3) is 6.42. The third-order valence-corrected chi connectivity index (χ3v) is 5.82. The number of carbonyl (C=O) groups is 2. The summed E-state index contributed by atoms with van der Waals surface area (Å²) in [6, 6.07) is 1.66. The van der Waals surface area contributed by atoms with E-state index < -0.39 is 29.9 Å². The molecule has 3 heterocycles. The van der Waals surface area contributed by atoms with Gasteiger partial charge in [0.1, 0.15) is 18.1 Å². The third-order valence-electron chi connectivity index (χ3n) is 5.82. The summed E-state index contributed by atoms with van der Waals surface area (Å²) < 4.78 is 25.7. The van der Waals surface area contributed by atoms with Gasteiger partial charge in [-0.1, -0.05) is 0 Å². The highest BCUT2D eigenvalue weighted by molar-refractivity contribution is 5.98. The minimum absolute atomic E-state index is 0.0241. The van der Waals surface area contributed by atoms with Gasteiger partial charge in [-0.25, -0.2) is 19.2 Å². The molecule has 14 nitrogen and oxygen atoms in total. The highest BCUT2D eigenvalue weighted by Crippen LogP contribution is 2.36. The van der Waals surface area contributed by atoms with Crippen molar-refractivity contribution in [3.05, 3.63) is 42.1 Å². The normalized spacial score (nSPS) is 14.4. The van der Waals surface area contributed by atoms with Gasteiger partial charge in [0.15, 0.2) is 11.6 Å². The lowest BCUT2D eigenvalue weighted by atomic mass is 10.0. The van der Waals surface area contributed by atoms with Crippen LogP contribution >= 0.6 is 0 Å². The van der Waals surface area contributed by atoms with Crippen LogP contribution in [0.1, 0.15) is 30.1 Å². The molecule has 6 N–H and O–H groups in total. The first kappa shape index (κ1) is 26.5. The number of primary amides is 1. The Labute approximate surface area is 216 Å². The molecule has 38 heavy (non-hydrogen) atoms. The summed E-state index contributed by atoms with van der Waals surface area (Å²) in [5, 5.41) is 25.7. The van der Waals surface area contributed by atoms with E-state index in [0.717, 1.165) is 18.9 Å². The summed E-state index contributed by atoms with van der Waals surface area (Å²) in [5.74, 6) is -1.51. The summed E-state index contributed by atoms with van der Waals surface area (Å²) in [6.07, 6.45) is 4.95. The van der Waals surface area contributed by atoms with E-state index >= 15 is 0 Å². The van der Waals surface area contributed by atoms with Crippen molar-refractivity contribution in [1.82, 2.24) is 30.3 Å². The number of nitrogens with zero attached hydrogens (tertiary/aromatic N) is 5. The van der Waals surface area contributed by atoms with Crippen LogP contribution in [0.5, 0.6) is 5.88 Å². The minimum atomic E-state index is -1.19. The number of halogens is 1. The van der Waals surface area contributed by atoms with Crippen LogP contribution in [-0.4, -0.2) is 74.5 Å². The Morgan fingerprint density at radius 1 is 1.24 bits per heavy atom. The first-order valence-electron chi connectivity index (χ1n) is 11.8. The maximum Gasteiger partial charge on any atom is 0.404 e. The fourth-order valence-electron chi connectivity index (χ4n) is 3.88. The van der Waals surface area contributed by atoms with E-state index in [9.17, 15) is 14.0 Å². The molecule has 2 atom stereocenters. The second-order valence-electron chi connectivity index (χ2n) is 8.66. The smallest absolute Gasteiger partial charge is 0.404 e. The van der Waals surface area contributed by atoms with Crippen LogP contribution in [0.25, 0.3) is 5.69 Å². The molecule has 2 amide bonds. The van der Waals surface area contributed by atoms with Gasteiger partial charge in [-0.2, -0.15) is 10.2 Å². The second-order valence-corrected chi connectivity index (χ2v) is 8.66. The van der Waals surface area contributed by atoms with Gasteiger partial charge in [-0.3, -0.25) is 4.79 Å². The lowest BCUT2D eigenvalue weighted by Gasteiger charge is -2.26. The Kier molecular flexibility index (Phi) is 8.15. The van der Waals surface area contributed by atoms with Gasteiger partial charge in [0, 0.05) is 13.2 Å². The number of nitrogens with two attached hydrogens (primary N) is 1. The molecular weight excluding hydrogens is 501 g/mol. The SMILES string of the molecule is COCCOc1ncc(Nc2nc(N[C@H](C3CC3)[C@H](C)NC(=O)O)c(F)cc2C(N)=O)cc1-n1nccn1. The number of carboxylic acid groups (broad SMARTS) is 1. The Balaban J connectivity index is 1.65. The van der Waals surface area contributed by atoms with Gasteiger partial charge < -0.3 is 36.3 Å². The van der Waals surface area contributed by atoms with Crippen LogP contribution in [0.4, 0.5) is 26.5 Å². The molecule has 0 unspecified atom stereocenters. The van der Waals surface area contributed by atoms with Gasteiger partial charge in [0.2, 0.25) is 5.88 Å². The Morgan fingerprint density at radius 3 is 2.61 bits per heavy atom. The maximum absolute atomic E-state index is 15.0. The molecule has 202 valence electrons. The molecule has 0 spiro atoms. The Hall–Kier alpha value is -4.53. The molecule has 0 saturated heterocycles. The van der Waals surface area contributed by atoms with Crippen molar-refractivity contribution < 1.29 is 28.6 Å². The fraction of sp³-hybridized carbons (Fsp3) is 0.391. The zero-order valence-corrected chi connectivity index (χ0v) is 20.7. The van der Waals surface area contributed by atoms with Crippen molar-refractivity contribution in [3.63, 3.8) is 0 Å². The molecule has 15 heteroatoms. The van der Waals surface area contributed by atoms with Crippen LogP contribution in [-0.2, 0) is 4.74 Å². The van der Waals surface area contributed by atoms with E-state index in [1.807, 2.05) is 0 Å². The molecule has 1 fully saturated rings. The number of carbonyl (C=O) groups excluding carboxylic acids is 1. The molecule has 1 saturated carbocycles. The second kappa shape index (κ2) is 11.7. The van der Waals surface area contributed by atoms with Crippen LogP contribution in [0.15, 0.2) is 30.7 Å². The Bertz CT molecular complexity index is 1290. The van der Waals surface area contributed by atoms with Crippen molar-refractivity contribution in [1.29, 1.82) is 0 Å². The highest BCUT2D eigenvalue weighted by atomic mass is 19.1. The summed E-state index contributed by atoms with van der Waals surface area (Å²) in [6.45, 7) is 2.27. The Morgan fingerprint density at radius 2 is 1.97 bits per heavy atom. The van der Waals surface area contributed by atoms with Gasteiger partial charge in [0.25, 0.3) is 5.91 Å². The zero-order chi connectivity index (χ0) is 27.2. The molecule has 4 rings (SSSR count). The summed E-state index contributed by atoms with van der Waals surface area (Å²) >= 11 is 0. The number of hydrogen-bond acceptors (Lipinski definition) is 10. The van der Waals surface area contributed by atoms with Crippen LogP contribution < -0.4 is 26.4 Å². The number of rotatable bonds is 13. The minimum Gasteiger partial charge on any atom is -0.474 e. The van der Waals surface area contributed by atoms with Crippen molar-refractivity contribution in [2.24, 2.45) is 11.7 Å². The lowest BCUT2D eigenvalue weighted by molar-refractivity contribution is 0.1000. The first-order chi connectivity index (χ1) is 18.3. The van der Waals surface area contributed by atoms with E-state index in [4.69, 9.17) is 20.3 Å². The van der Waals surface area contributed by atoms with Gasteiger partial charge in [-0.15, -0.1) is 4.80 Å². The largest absolute Gasteiger partial charge is 0.474 e. The molecule has 1 aliphatic carbocycles. The average Bonchev–Trinajstić information content (AvgIpc) is 3.56. The molecule has 3 aromatic rings. The van der Waals surface area contributed by atoms with E-state index in [1.54, 1.807) is 20.1 Å². The predicted octanol–water partition coefficient (Wildman–Crippen LogP) is 1.91. The maximum atomic E-state index is 15.0. The van der Waals surface area contributed by atoms with Crippen molar-refractivity contribution in [2.45, 2.75) is 31.8 Å². The van der Waals surface area contributed by atoms with E-state index in [-0.39, 0.29) is 35.6 Å². The summed E-state index contributed by atoms with van der Waals surface area (Å²) in [5.41, 5.74) is 6.06. The summed E-state index contributed by atoms with van der Waals surface area (Å²) in [7, 11) is 1.55. The van der Waals surface area contributed by atoms with Gasteiger partial charge in [-0.05, 0) is 37.8 Å². The van der Waals surface area contributed by atoms with Crippen molar-refractivity contribution in [3.8, 4) is 11.6 Å². The number of ether oxygens (including phenoxy) is 2. The topological polar surface area (TPSA) is 191 Å². The number of hydrogen-bond donors (Lipinski definition) is 5. The monoisotopic (exact) mass is 529 g/mol. The molecule has 0 radical (unpaired) electrons. The molecule has 0 aromatic carbocycles. The number of pyridine rings is 2. The number of anilines is 3. The first-order valence-corrected chi connectivity index (χ1v) is 11.8. The quantitative estimate of drug-likeness (QED) is 0.203. The highest BCUT2D eigenvalue weighted by Gasteiger charge is 2.36. The lowest BCUT2D eigenvalue weighted by Crippen LogP contribution is -2.45. The number of methoxy groups -OCH3 is 1. The summed E-state index contributed by atoms with van der Waals surface area (Å²) in [4.78, 5) is 33.2. The molecule has 0 bridgehead atoms. The van der Waals surface area contributed by atoms with Crippen LogP contribution in [0.2, 0.25) is 0 Å². The number of nitrogens with one attached hydrogen (secondary N) is 3. The van der Waals surface area contributed by atoms with E-state index in [0.29, 0.717) is 18.0 Å². The fourth-order valence-corrected chi connectivity index (χ4v) is 3.88. The van der Waals surface area contributed by atoms with E-state index in [1.165, 1.54) is 23.4 Å². The zero-order valence-electron chi connectivity index (χ0n) is 20.7. The van der Waals surface area contributed by atoms with E-state index in [2.05, 4.69) is 36.1 Å². The van der Waals surface area contributed by atoms with Crippen molar-refractivity contribution >= 4 is 29.3 Å². The van der Waals surface area contributed by atoms with Crippen LogP contribution in [0.3, 0.4) is 0 Å². The molecule has 1 aliphatic rings. The van der Waals surface area contributed by atoms with Crippen LogP contribution in [0, 0.1) is 11.7 Å². The average molecular weight is 530 g/mol. The number of aromatic nitrogens is 5.